The molecule has 154 valence electrons. The number of ether oxygens (including phenoxy) is 1. The van der Waals surface area contributed by atoms with Crippen LogP contribution < -0.4 is 5.32 Å². The van der Waals surface area contributed by atoms with Gasteiger partial charge in [-0.2, -0.15) is 0 Å². The molecule has 2 aromatic carbocycles. The van der Waals surface area contributed by atoms with Gasteiger partial charge in [0.2, 0.25) is 0 Å². The van der Waals surface area contributed by atoms with Crippen LogP contribution >= 0.6 is 0 Å². The molecule has 5 heteroatoms. The molecule has 3 rings (SSSR count). The number of carbonyl (C=O) groups is 2. The number of hydrogen-bond acceptors (Lipinski definition) is 3. The molecule has 0 heterocycles. The van der Waals surface area contributed by atoms with Gasteiger partial charge in [-0.05, 0) is 34.1 Å². The molecule has 0 aliphatic heterocycles. The monoisotopic (exact) mass is 395 g/mol. The van der Waals surface area contributed by atoms with Crippen molar-refractivity contribution in [1.82, 2.24) is 5.32 Å². The number of hydrogen-bond donors (Lipinski definition) is 2. The third-order valence-corrected chi connectivity index (χ3v) is 6.18. The van der Waals surface area contributed by atoms with Crippen LogP contribution in [0.3, 0.4) is 0 Å². The number of amides is 1. The molecule has 2 aromatic rings. The molecule has 0 bridgehead atoms. The smallest absolute Gasteiger partial charge is 0.407 e. The van der Waals surface area contributed by atoms with Crippen LogP contribution in [0.5, 0.6) is 0 Å². The highest BCUT2D eigenvalue weighted by atomic mass is 16.5. The van der Waals surface area contributed by atoms with E-state index in [1.165, 1.54) is 11.1 Å². The molecule has 0 fully saturated rings. The molecule has 0 atom stereocenters. The van der Waals surface area contributed by atoms with Gasteiger partial charge in [-0.1, -0.05) is 76.2 Å². The van der Waals surface area contributed by atoms with Gasteiger partial charge in [-0.25, -0.2) is 4.79 Å². The Bertz CT molecular complexity index is 850. The van der Waals surface area contributed by atoms with Crippen LogP contribution in [0.2, 0.25) is 0 Å². The van der Waals surface area contributed by atoms with Gasteiger partial charge < -0.3 is 15.2 Å². The number of fused-ring (bicyclic) bond motifs is 3. The molecule has 29 heavy (non-hydrogen) atoms. The maximum absolute atomic E-state index is 12.7. The molecule has 1 amide bonds. The maximum Gasteiger partial charge on any atom is 0.407 e. The number of alkyl carbamates (subject to hydrolysis) is 1. The summed E-state index contributed by atoms with van der Waals surface area (Å²) in [5.74, 6) is -1.08. The van der Waals surface area contributed by atoms with Crippen molar-refractivity contribution >= 4 is 12.1 Å². The Morgan fingerprint density at radius 3 is 1.90 bits per heavy atom. The van der Waals surface area contributed by atoms with Crippen LogP contribution in [0.15, 0.2) is 48.5 Å². The minimum atomic E-state index is -0.939. The van der Waals surface area contributed by atoms with E-state index in [-0.39, 0.29) is 30.8 Å². The van der Waals surface area contributed by atoms with Gasteiger partial charge >= 0.3 is 12.1 Å². The number of benzene rings is 2. The van der Waals surface area contributed by atoms with Crippen molar-refractivity contribution < 1.29 is 19.4 Å². The number of carbonyl (C=O) groups excluding carboxylic acids is 1. The first-order valence-corrected chi connectivity index (χ1v) is 10.1. The highest BCUT2D eigenvalue weighted by Gasteiger charge is 2.41. The molecule has 2 N–H and O–H groups in total. The predicted molar refractivity (Wildman–Crippen MR) is 113 cm³/mol. The summed E-state index contributed by atoms with van der Waals surface area (Å²) in [4.78, 5) is 24.2. The molecule has 0 saturated heterocycles. The standard InChI is InChI=1S/C24H29NO4/c1-15(2)24(16(3)4,13-22(26)27)25-23(28)29-14-21-19-11-7-5-9-17(19)18-10-6-8-12-20(18)21/h5-12,15-16,21H,13-14H2,1-4H3,(H,25,28)(H,26,27). The molecule has 1 aliphatic rings. The van der Waals surface area contributed by atoms with E-state index in [1.54, 1.807) is 0 Å². The normalized spacial score (nSPS) is 13.3. The molecule has 0 radical (unpaired) electrons. The van der Waals surface area contributed by atoms with Crippen LogP contribution in [0, 0.1) is 11.8 Å². The van der Waals surface area contributed by atoms with Gasteiger partial charge in [0, 0.05) is 5.92 Å². The van der Waals surface area contributed by atoms with Gasteiger partial charge in [0.1, 0.15) is 6.61 Å². The molecule has 0 aromatic heterocycles. The fraction of sp³-hybridized carbons (Fsp3) is 0.417. The second kappa shape index (κ2) is 8.27. The lowest BCUT2D eigenvalue weighted by molar-refractivity contribution is -0.139. The Balaban J connectivity index is 1.77. The van der Waals surface area contributed by atoms with Crippen molar-refractivity contribution in [2.75, 3.05) is 6.61 Å². The molecule has 0 saturated carbocycles. The zero-order chi connectivity index (χ0) is 21.2. The Hall–Kier alpha value is -2.82. The third kappa shape index (κ3) is 4.00. The molecule has 5 nitrogen and oxygen atoms in total. The van der Waals surface area contributed by atoms with E-state index in [4.69, 9.17) is 4.74 Å². The zero-order valence-electron chi connectivity index (χ0n) is 17.4. The van der Waals surface area contributed by atoms with E-state index in [0.717, 1.165) is 11.1 Å². The van der Waals surface area contributed by atoms with E-state index >= 15 is 0 Å². The van der Waals surface area contributed by atoms with E-state index in [0.29, 0.717) is 0 Å². The highest BCUT2D eigenvalue weighted by molar-refractivity contribution is 5.79. The fourth-order valence-corrected chi connectivity index (χ4v) is 4.48. The molecular formula is C24H29NO4. The SMILES string of the molecule is CC(C)C(CC(=O)O)(NC(=O)OCC1c2ccccc2-c2ccccc21)C(C)C. The van der Waals surface area contributed by atoms with Crippen molar-refractivity contribution in [2.24, 2.45) is 11.8 Å². The van der Waals surface area contributed by atoms with Crippen molar-refractivity contribution in [3.05, 3.63) is 59.7 Å². The predicted octanol–water partition coefficient (Wildman–Crippen LogP) is 5.05. The lowest BCUT2D eigenvalue weighted by Crippen LogP contribution is -2.57. The van der Waals surface area contributed by atoms with E-state index in [1.807, 2.05) is 52.0 Å². The van der Waals surface area contributed by atoms with Crippen LogP contribution in [0.25, 0.3) is 11.1 Å². The second-order valence-electron chi connectivity index (χ2n) is 8.37. The Morgan fingerprint density at radius 1 is 0.966 bits per heavy atom. The summed E-state index contributed by atoms with van der Waals surface area (Å²) in [5.41, 5.74) is 3.76. The van der Waals surface area contributed by atoms with Gasteiger partial charge in [0.25, 0.3) is 0 Å². The molecule has 0 unspecified atom stereocenters. The Labute approximate surface area is 172 Å². The van der Waals surface area contributed by atoms with Crippen LogP contribution in [0.1, 0.15) is 51.2 Å². The minimum absolute atomic E-state index is 0.0277. The second-order valence-corrected chi connectivity index (χ2v) is 8.37. The number of aliphatic carboxylic acids is 1. The van der Waals surface area contributed by atoms with Crippen molar-refractivity contribution in [3.63, 3.8) is 0 Å². The van der Waals surface area contributed by atoms with Crippen LogP contribution in [-0.4, -0.2) is 29.3 Å². The third-order valence-electron chi connectivity index (χ3n) is 6.18. The summed E-state index contributed by atoms with van der Waals surface area (Å²) in [6.07, 6.45) is -0.720. The quantitative estimate of drug-likeness (QED) is 0.688. The van der Waals surface area contributed by atoms with E-state index < -0.39 is 17.6 Å². The number of rotatable bonds is 7. The topological polar surface area (TPSA) is 75.6 Å². The van der Waals surface area contributed by atoms with E-state index in [9.17, 15) is 14.7 Å². The summed E-state index contributed by atoms with van der Waals surface area (Å²) in [5, 5.41) is 12.3. The van der Waals surface area contributed by atoms with Gasteiger partial charge in [0.05, 0.1) is 12.0 Å². The average molecular weight is 395 g/mol. The lowest BCUT2D eigenvalue weighted by Gasteiger charge is -2.40. The fourth-order valence-electron chi connectivity index (χ4n) is 4.48. The Morgan fingerprint density at radius 2 is 1.45 bits per heavy atom. The molecular weight excluding hydrogens is 366 g/mol. The zero-order valence-corrected chi connectivity index (χ0v) is 17.4. The van der Waals surface area contributed by atoms with Gasteiger partial charge in [-0.3, -0.25) is 4.79 Å². The van der Waals surface area contributed by atoms with Crippen LogP contribution in [0.4, 0.5) is 4.79 Å². The van der Waals surface area contributed by atoms with Gasteiger partial charge in [-0.15, -0.1) is 0 Å². The first-order valence-electron chi connectivity index (χ1n) is 10.1. The molecule has 1 aliphatic carbocycles. The number of carboxylic acid groups (broad SMARTS) is 1. The van der Waals surface area contributed by atoms with Crippen molar-refractivity contribution in [1.29, 1.82) is 0 Å². The summed E-state index contributed by atoms with van der Waals surface area (Å²) >= 11 is 0. The van der Waals surface area contributed by atoms with E-state index in [2.05, 4.69) is 29.6 Å². The minimum Gasteiger partial charge on any atom is -0.481 e. The summed E-state index contributed by atoms with van der Waals surface area (Å²) in [6.45, 7) is 7.90. The maximum atomic E-state index is 12.7. The average Bonchev–Trinajstić information content (AvgIpc) is 2.99. The number of carboxylic acids is 1. The first-order chi connectivity index (χ1) is 13.8. The largest absolute Gasteiger partial charge is 0.481 e. The lowest BCUT2D eigenvalue weighted by atomic mass is 9.74. The summed E-state index contributed by atoms with van der Waals surface area (Å²) in [7, 11) is 0. The van der Waals surface area contributed by atoms with Crippen LogP contribution in [-0.2, 0) is 9.53 Å². The van der Waals surface area contributed by atoms with Gasteiger partial charge in [0.15, 0.2) is 0 Å². The molecule has 0 spiro atoms. The Kier molecular flexibility index (Phi) is 5.96. The summed E-state index contributed by atoms with van der Waals surface area (Å²) in [6, 6.07) is 16.3. The van der Waals surface area contributed by atoms with Crippen molar-refractivity contribution in [3.8, 4) is 11.1 Å². The first kappa shape index (κ1) is 20.9. The summed E-state index contributed by atoms with van der Waals surface area (Å²) < 4.78 is 5.63. The van der Waals surface area contributed by atoms with Crippen molar-refractivity contribution in [2.45, 2.75) is 45.6 Å². The number of nitrogens with one attached hydrogen (secondary N) is 1. The highest BCUT2D eigenvalue weighted by Crippen LogP contribution is 2.44.